The molecule has 1 aromatic heterocycles. The van der Waals surface area contributed by atoms with E-state index in [9.17, 15) is 10.0 Å². The van der Waals surface area contributed by atoms with Crippen molar-refractivity contribution in [3.8, 4) is 11.1 Å². The molecule has 3 aromatic rings. The van der Waals surface area contributed by atoms with E-state index in [1.54, 1.807) is 12.1 Å². The van der Waals surface area contributed by atoms with Crippen molar-refractivity contribution in [1.82, 2.24) is 5.16 Å². The lowest BCUT2D eigenvalue weighted by Gasteiger charge is -2.13. The van der Waals surface area contributed by atoms with Crippen LogP contribution in [0.3, 0.4) is 0 Å². The van der Waals surface area contributed by atoms with Gasteiger partial charge in [-0.05, 0) is 56.0 Å². The van der Waals surface area contributed by atoms with E-state index in [-0.39, 0.29) is 0 Å². The van der Waals surface area contributed by atoms with Crippen molar-refractivity contribution in [2.24, 2.45) is 0 Å². The second-order valence-corrected chi connectivity index (χ2v) is 6.69. The molecule has 128 valence electrons. The molecule has 0 amide bonds. The first-order valence-electron chi connectivity index (χ1n) is 7.89. The van der Waals surface area contributed by atoms with Gasteiger partial charge in [-0.15, -0.1) is 0 Å². The molecular formula is C18H19BN2O3S. The molecule has 0 aliphatic carbocycles. The van der Waals surface area contributed by atoms with Gasteiger partial charge in [0.25, 0.3) is 0 Å². The third kappa shape index (κ3) is 3.73. The number of benzene rings is 2. The highest BCUT2D eigenvalue weighted by Crippen LogP contribution is 2.32. The number of nitrogens with zero attached hydrogens (tertiary/aromatic N) is 1. The minimum Gasteiger partial charge on any atom is -0.423 e. The Balaban J connectivity index is 1.88. The standard InChI is InChI=1S/C18H19BN2O3S/c1-11-8-9-14(18-12(2)20-24-13(18)3)10-17(11)25-21-16-7-5-4-6-15(16)19(22)23/h4-10,21-23H,1-3H3. The predicted molar refractivity (Wildman–Crippen MR) is 102 cm³/mol. The average Bonchev–Trinajstić information content (AvgIpc) is 2.93. The third-order valence-corrected chi connectivity index (χ3v) is 5.00. The highest BCUT2D eigenvalue weighted by Gasteiger charge is 2.16. The van der Waals surface area contributed by atoms with Crippen LogP contribution in [0.5, 0.6) is 0 Å². The molecule has 3 rings (SSSR count). The van der Waals surface area contributed by atoms with E-state index in [0.717, 1.165) is 33.0 Å². The molecule has 25 heavy (non-hydrogen) atoms. The van der Waals surface area contributed by atoms with E-state index < -0.39 is 7.12 Å². The molecule has 1 heterocycles. The first-order chi connectivity index (χ1) is 12.0. The Labute approximate surface area is 151 Å². The summed E-state index contributed by atoms with van der Waals surface area (Å²) in [7, 11) is -1.51. The Morgan fingerprint density at radius 1 is 1.08 bits per heavy atom. The Hall–Kier alpha value is -2.22. The predicted octanol–water partition coefficient (Wildman–Crippen LogP) is 3.07. The van der Waals surface area contributed by atoms with Crippen molar-refractivity contribution >= 4 is 30.2 Å². The minimum atomic E-state index is -1.51. The maximum absolute atomic E-state index is 9.48. The normalized spacial score (nSPS) is 10.8. The van der Waals surface area contributed by atoms with Crippen molar-refractivity contribution in [1.29, 1.82) is 0 Å². The van der Waals surface area contributed by atoms with Gasteiger partial charge in [-0.1, -0.05) is 35.5 Å². The van der Waals surface area contributed by atoms with Crippen LogP contribution in [-0.4, -0.2) is 22.3 Å². The number of anilines is 1. The molecule has 0 unspecified atom stereocenters. The highest BCUT2D eigenvalue weighted by atomic mass is 32.2. The van der Waals surface area contributed by atoms with Crippen LogP contribution in [0.15, 0.2) is 51.9 Å². The van der Waals surface area contributed by atoms with Crippen LogP contribution < -0.4 is 10.2 Å². The van der Waals surface area contributed by atoms with Crippen molar-refractivity contribution in [2.75, 3.05) is 4.72 Å². The van der Waals surface area contributed by atoms with Crippen LogP contribution in [0, 0.1) is 20.8 Å². The molecule has 0 aliphatic rings. The van der Waals surface area contributed by atoms with Crippen LogP contribution in [0.25, 0.3) is 11.1 Å². The Bertz CT molecular complexity index is 876. The second-order valence-electron chi connectivity index (χ2n) is 5.84. The van der Waals surface area contributed by atoms with Crippen LogP contribution in [0.4, 0.5) is 5.69 Å². The molecule has 2 aromatic carbocycles. The molecule has 0 radical (unpaired) electrons. The van der Waals surface area contributed by atoms with Gasteiger partial charge in [0.1, 0.15) is 5.76 Å². The van der Waals surface area contributed by atoms with E-state index in [2.05, 4.69) is 28.1 Å². The van der Waals surface area contributed by atoms with Crippen LogP contribution >= 0.6 is 11.9 Å². The number of rotatable bonds is 5. The zero-order chi connectivity index (χ0) is 18.0. The number of hydrogen-bond acceptors (Lipinski definition) is 6. The summed E-state index contributed by atoms with van der Waals surface area (Å²) in [5.41, 5.74) is 5.14. The van der Waals surface area contributed by atoms with Crippen molar-refractivity contribution in [3.05, 3.63) is 59.5 Å². The van der Waals surface area contributed by atoms with Gasteiger partial charge in [0.05, 0.1) is 5.69 Å². The van der Waals surface area contributed by atoms with Crippen molar-refractivity contribution < 1.29 is 14.6 Å². The Morgan fingerprint density at radius 2 is 1.84 bits per heavy atom. The van der Waals surface area contributed by atoms with E-state index in [1.807, 2.05) is 32.9 Å². The summed E-state index contributed by atoms with van der Waals surface area (Å²) in [6.45, 7) is 5.86. The summed E-state index contributed by atoms with van der Waals surface area (Å²) >= 11 is 1.43. The largest absolute Gasteiger partial charge is 0.490 e. The van der Waals surface area contributed by atoms with Crippen LogP contribution in [0.2, 0.25) is 0 Å². The van der Waals surface area contributed by atoms with Gasteiger partial charge >= 0.3 is 7.12 Å². The van der Waals surface area contributed by atoms with E-state index in [1.165, 1.54) is 11.9 Å². The summed E-state index contributed by atoms with van der Waals surface area (Å²) in [5.74, 6) is 0.791. The van der Waals surface area contributed by atoms with Gasteiger partial charge in [0, 0.05) is 21.6 Å². The SMILES string of the molecule is Cc1ccc(-c2c(C)noc2C)cc1SNc1ccccc1B(O)O. The first kappa shape index (κ1) is 17.6. The molecule has 0 atom stereocenters. The number of aryl methyl sites for hydroxylation is 3. The summed E-state index contributed by atoms with van der Waals surface area (Å²) < 4.78 is 8.47. The molecule has 0 saturated carbocycles. The van der Waals surface area contributed by atoms with E-state index >= 15 is 0 Å². The number of nitrogens with one attached hydrogen (secondary N) is 1. The third-order valence-electron chi connectivity index (χ3n) is 4.02. The topological polar surface area (TPSA) is 78.5 Å². The van der Waals surface area contributed by atoms with Crippen LogP contribution in [-0.2, 0) is 0 Å². The highest BCUT2D eigenvalue weighted by molar-refractivity contribution is 8.00. The van der Waals surface area contributed by atoms with Gasteiger partial charge in [-0.3, -0.25) is 0 Å². The lowest BCUT2D eigenvalue weighted by molar-refractivity contribution is 0.393. The Morgan fingerprint density at radius 3 is 2.52 bits per heavy atom. The lowest BCUT2D eigenvalue weighted by atomic mass is 9.79. The van der Waals surface area contributed by atoms with E-state index in [0.29, 0.717) is 11.2 Å². The maximum atomic E-state index is 9.48. The van der Waals surface area contributed by atoms with Crippen molar-refractivity contribution in [3.63, 3.8) is 0 Å². The fourth-order valence-corrected chi connectivity index (χ4v) is 3.51. The summed E-state index contributed by atoms with van der Waals surface area (Å²) in [6.07, 6.45) is 0. The van der Waals surface area contributed by atoms with Gasteiger partial charge < -0.3 is 19.3 Å². The zero-order valence-electron chi connectivity index (χ0n) is 14.3. The number of hydrogen-bond donors (Lipinski definition) is 3. The average molecular weight is 354 g/mol. The molecule has 7 heteroatoms. The quantitative estimate of drug-likeness (QED) is 0.483. The fourth-order valence-electron chi connectivity index (χ4n) is 2.69. The zero-order valence-corrected chi connectivity index (χ0v) is 15.1. The maximum Gasteiger partial charge on any atom is 0.490 e. The Kier molecular flexibility index (Phi) is 5.17. The van der Waals surface area contributed by atoms with Crippen LogP contribution in [0.1, 0.15) is 17.0 Å². The van der Waals surface area contributed by atoms with Gasteiger partial charge in [0.2, 0.25) is 0 Å². The lowest BCUT2D eigenvalue weighted by Crippen LogP contribution is -2.31. The molecule has 0 aliphatic heterocycles. The summed E-state index contributed by atoms with van der Waals surface area (Å²) in [6, 6.07) is 13.3. The van der Waals surface area contributed by atoms with E-state index in [4.69, 9.17) is 4.52 Å². The molecule has 5 nitrogen and oxygen atoms in total. The number of aromatic nitrogens is 1. The minimum absolute atomic E-state index is 0.439. The molecule has 0 spiro atoms. The van der Waals surface area contributed by atoms with Crippen molar-refractivity contribution in [2.45, 2.75) is 25.7 Å². The summed E-state index contributed by atoms with van der Waals surface area (Å²) in [5, 5.41) is 23.0. The second kappa shape index (κ2) is 7.35. The first-order valence-corrected chi connectivity index (χ1v) is 8.71. The molecule has 3 N–H and O–H groups in total. The molecule has 0 bridgehead atoms. The van der Waals surface area contributed by atoms with Gasteiger partial charge in [-0.25, -0.2) is 0 Å². The smallest absolute Gasteiger partial charge is 0.423 e. The monoisotopic (exact) mass is 354 g/mol. The fraction of sp³-hybridized carbons (Fsp3) is 0.167. The van der Waals surface area contributed by atoms with Gasteiger partial charge in [0.15, 0.2) is 0 Å². The summed E-state index contributed by atoms with van der Waals surface area (Å²) in [4.78, 5) is 1.04. The molecular weight excluding hydrogens is 335 g/mol. The molecule has 0 saturated heterocycles. The molecule has 0 fully saturated rings. The number of para-hydroxylation sites is 1. The van der Waals surface area contributed by atoms with Gasteiger partial charge in [-0.2, -0.15) is 0 Å².